The fourth-order valence-corrected chi connectivity index (χ4v) is 3.25. The Morgan fingerprint density at radius 2 is 1.72 bits per heavy atom. The van der Waals surface area contributed by atoms with Crippen LogP contribution in [-0.4, -0.2) is 37.4 Å². The number of hydrogen-bond acceptors (Lipinski definition) is 4. The number of carbonyl (C=O) groups excluding carboxylic acids is 3. The normalized spacial score (nSPS) is 15.3. The zero-order valence-electron chi connectivity index (χ0n) is 15.5. The number of hydrogen-bond donors (Lipinski definition) is 0. The summed E-state index contributed by atoms with van der Waals surface area (Å²) in [7, 11) is 0. The molecule has 0 saturated carbocycles. The Hall–Kier alpha value is -3.81. The summed E-state index contributed by atoms with van der Waals surface area (Å²) in [6.45, 7) is 1.55. The molecular weight excluding hydrogens is 375 g/mol. The first-order chi connectivity index (χ1) is 14.0. The maximum atomic E-state index is 13.4. The first-order valence-corrected chi connectivity index (χ1v) is 9.00. The van der Waals surface area contributed by atoms with Gasteiger partial charge in [0.15, 0.2) is 0 Å². The van der Waals surface area contributed by atoms with Crippen molar-refractivity contribution in [2.24, 2.45) is 0 Å². The Morgan fingerprint density at radius 1 is 0.966 bits per heavy atom. The largest absolute Gasteiger partial charge is 0.335 e. The molecule has 1 saturated heterocycles. The summed E-state index contributed by atoms with van der Waals surface area (Å²) in [5.74, 6) is -2.16. The second-order valence-electron chi connectivity index (χ2n) is 6.67. The summed E-state index contributed by atoms with van der Waals surface area (Å²) in [4.78, 5) is 39.5. The molecule has 4 amide bonds. The Bertz CT molecular complexity index is 1100. The Morgan fingerprint density at radius 3 is 2.45 bits per heavy atom. The lowest BCUT2D eigenvalue weighted by molar-refractivity contribution is -0.144. The molecule has 1 aliphatic heterocycles. The lowest BCUT2D eigenvalue weighted by Crippen LogP contribution is -2.35. The zero-order valence-corrected chi connectivity index (χ0v) is 15.5. The minimum absolute atomic E-state index is 0.149. The third-order valence-electron chi connectivity index (χ3n) is 4.79. The summed E-state index contributed by atoms with van der Waals surface area (Å²) in [6, 6.07) is 15.2. The van der Waals surface area contributed by atoms with Gasteiger partial charge in [-0.25, -0.2) is 23.7 Å². The number of halogens is 1. The number of benzene rings is 2. The van der Waals surface area contributed by atoms with E-state index in [1.165, 1.54) is 16.8 Å². The molecule has 7 nitrogen and oxygen atoms in total. The smallest absolute Gasteiger partial charge is 0.263 e. The molecule has 0 bridgehead atoms. The van der Waals surface area contributed by atoms with Gasteiger partial charge in [-0.3, -0.25) is 9.59 Å². The van der Waals surface area contributed by atoms with Gasteiger partial charge in [0.05, 0.1) is 24.0 Å². The van der Waals surface area contributed by atoms with Crippen LogP contribution in [0.2, 0.25) is 0 Å². The molecule has 146 valence electrons. The van der Waals surface area contributed by atoms with Crippen LogP contribution in [0.5, 0.6) is 0 Å². The molecule has 8 heteroatoms. The predicted octanol–water partition coefficient (Wildman–Crippen LogP) is 3.06. The molecule has 2 aromatic carbocycles. The Kier molecular flexibility index (Phi) is 4.67. The van der Waals surface area contributed by atoms with Crippen LogP contribution >= 0.6 is 0 Å². The van der Waals surface area contributed by atoms with Gasteiger partial charge in [0, 0.05) is 6.20 Å². The molecule has 4 rings (SSSR count). The highest BCUT2D eigenvalue weighted by molar-refractivity contribution is 6.44. The monoisotopic (exact) mass is 392 g/mol. The highest BCUT2D eigenvalue weighted by atomic mass is 19.1. The molecule has 0 spiro atoms. The van der Waals surface area contributed by atoms with Gasteiger partial charge in [0.25, 0.3) is 0 Å². The first kappa shape index (κ1) is 18.5. The molecule has 1 unspecified atom stereocenters. The van der Waals surface area contributed by atoms with E-state index in [0.29, 0.717) is 11.4 Å². The van der Waals surface area contributed by atoms with Gasteiger partial charge in [-0.1, -0.05) is 36.4 Å². The number of amides is 4. The van der Waals surface area contributed by atoms with Gasteiger partial charge in [-0.15, -0.1) is 0 Å². The first-order valence-electron chi connectivity index (χ1n) is 9.00. The summed E-state index contributed by atoms with van der Waals surface area (Å²) in [5.41, 5.74) is 1.66. The molecule has 1 fully saturated rings. The molecule has 0 aliphatic carbocycles. The SMILES string of the molecule is CC(c1ccccc1)N1C(=O)C(=O)N(Cc2ccn(-c3cccc(F)c3)n2)C1=O. The molecule has 29 heavy (non-hydrogen) atoms. The van der Waals surface area contributed by atoms with Crippen molar-refractivity contribution in [2.75, 3.05) is 0 Å². The standard InChI is InChI=1S/C21H17FN4O3/c1-14(15-6-3-2-4-7-15)26-20(28)19(27)24(21(26)29)13-17-10-11-25(23-17)18-9-5-8-16(22)12-18/h2-12,14H,13H2,1H3. The van der Waals surface area contributed by atoms with Gasteiger partial charge in [-0.05, 0) is 36.8 Å². The van der Waals surface area contributed by atoms with Crippen molar-refractivity contribution in [3.05, 3.63) is 83.9 Å². The molecular formula is C21H17FN4O3. The second kappa shape index (κ2) is 7.31. The van der Waals surface area contributed by atoms with Crippen LogP contribution < -0.4 is 0 Å². The van der Waals surface area contributed by atoms with Crippen molar-refractivity contribution >= 4 is 17.8 Å². The van der Waals surface area contributed by atoms with E-state index in [0.717, 1.165) is 15.4 Å². The number of urea groups is 1. The third-order valence-corrected chi connectivity index (χ3v) is 4.79. The lowest BCUT2D eigenvalue weighted by Gasteiger charge is -2.22. The van der Waals surface area contributed by atoms with Crippen LogP contribution in [0.15, 0.2) is 66.9 Å². The fourth-order valence-electron chi connectivity index (χ4n) is 3.25. The number of carbonyl (C=O) groups is 3. The molecule has 1 atom stereocenters. The molecule has 2 heterocycles. The average Bonchev–Trinajstić information content (AvgIpc) is 3.28. The van der Waals surface area contributed by atoms with Crippen molar-refractivity contribution in [3.63, 3.8) is 0 Å². The molecule has 3 aromatic rings. The number of imide groups is 2. The summed E-state index contributed by atoms with van der Waals surface area (Å²) >= 11 is 0. The molecule has 0 radical (unpaired) electrons. The van der Waals surface area contributed by atoms with E-state index in [9.17, 15) is 18.8 Å². The quantitative estimate of drug-likeness (QED) is 0.494. The van der Waals surface area contributed by atoms with E-state index in [1.807, 2.05) is 6.07 Å². The fraction of sp³-hybridized carbons (Fsp3) is 0.143. The molecule has 1 aliphatic rings. The summed E-state index contributed by atoms with van der Waals surface area (Å²) < 4.78 is 14.8. The van der Waals surface area contributed by atoms with E-state index in [4.69, 9.17) is 0 Å². The van der Waals surface area contributed by atoms with Crippen LogP contribution in [-0.2, 0) is 16.1 Å². The topological polar surface area (TPSA) is 75.5 Å². The number of nitrogens with zero attached hydrogens (tertiary/aromatic N) is 4. The van der Waals surface area contributed by atoms with Gasteiger partial charge < -0.3 is 0 Å². The van der Waals surface area contributed by atoms with Crippen LogP contribution in [0.3, 0.4) is 0 Å². The van der Waals surface area contributed by atoms with Crippen LogP contribution in [0.4, 0.5) is 9.18 Å². The number of rotatable bonds is 5. The van der Waals surface area contributed by atoms with Crippen molar-refractivity contribution in [3.8, 4) is 5.69 Å². The second-order valence-corrected chi connectivity index (χ2v) is 6.67. The van der Waals surface area contributed by atoms with Gasteiger partial charge in [0.1, 0.15) is 5.82 Å². The maximum absolute atomic E-state index is 13.4. The van der Waals surface area contributed by atoms with Crippen molar-refractivity contribution in [1.29, 1.82) is 0 Å². The number of aromatic nitrogens is 2. The Labute approximate surface area is 166 Å². The lowest BCUT2D eigenvalue weighted by atomic mass is 10.1. The predicted molar refractivity (Wildman–Crippen MR) is 101 cm³/mol. The third kappa shape index (κ3) is 3.40. The average molecular weight is 392 g/mol. The van der Waals surface area contributed by atoms with E-state index in [1.54, 1.807) is 55.6 Å². The molecule has 0 N–H and O–H groups in total. The van der Waals surface area contributed by atoms with E-state index in [-0.39, 0.29) is 6.54 Å². The van der Waals surface area contributed by atoms with E-state index >= 15 is 0 Å². The summed E-state index contributed by atoms with van der Waals surface area (Å²) in [5, 5.41) is 4.28. The van der Waals surface area contributed by atoms with Crippen molar-refractivity contribution < 1.29 is 18.8 Å². The van der Waals surface area contributed by atoms with Crippen molar-refractivity contribution in [1.82, 2.24) is 19.6 Å². The van der Waals surface area contributed by atoms with Crippen LogP contribution in [0, 0.1) is 5.82 Å². The zero-order chi connectivity index (χ0) is 20.5. The van der Waals surface area contributed by atoms with Crippen LogP contribution in [0.25, 0.3) is 5.69 Å². The van der Waals surface area contributed by atoms with Gasteiger partial charge in [-0.2, -0.15) is 5.10 Å². The highest BCUT2D eigenvalue weighted by Gasteiger charge is 2.47. The minimum atomic E-state index is -0.891. The van der Waals surface area contributed by atoms with Gasteiger partial charge >= 0.3 is 17.8 Å². The van der Waals surface area contributed by atoms with E-state index in [2.05, 4.69) is 5.10 Å². The maximum Gasteiger partial charge on any atom is 0.335 e. The summed E-state index contributed by atoms with van der Waals surface area (Å²) in [6.07, 6.45) is 1.60. The Balaban J connectivity index is 1.55. The molecule has 1 aromatic heterocycles. The van der Waals surface area contributed by atoms with Crippen molar-refractivity contribution in [2.45, 2.75) is 19.5 Å². The van der Waals surface area contributed by atoms with Gasteiger partial charge in [0.2, 0.25) is 0 Å². The minimum Gasteiger partial charge on any atom is -0.263 e. The highest BCUT2D eigenvalue weighted by Crippen LogP contribution is 2.27. The van der Waals surface area contributed by atoms with Crippen LogP contribution in [0.1, 0.15) is 24.2 Å². The van der Waals surface area contributed by atoms with E-state index < -0.39 is 29.7 Å².